The lowest BCUT2D eigenvalue weighted by atomic mass is 9.84. The van der Waals surface area contributed by atoms with Crippen molar-refractivity contribution in [2.24, 2.45) is 0 Å². The van der Waals surface area contributed by atoms with Gasteiger partial charge in [-0.1, -0.05) is 60.7 Å². The van der Waals surface area contributed by atoms with Crippen molar-refractivity contribution in [3.63, 3.8) is 0 Å². The smallest absolute Gasteiger partial charge is 0.410 e. The van der Waals surface area contributed by atoms with E-state index >= 15 is 0 Å². The minimum absolute atomic E-state index is 0.0401. The van der Waals surface area contributed by atoms with Crippen LogP contribution in [-0.4, -0.2) is 54.1 Å². The summed E-state index contributed by atoms with van der Waals surface area (Å²) >= 11 is 0. The fourth-order valence-electron chi connectivity index (χ4n) is 4.28. The number of nitrogens with one attached hydrogen (secondary N) is 1. The number of urea groups is 1. The predicted molar refractivity (Wildman–Crippen MR) is 111 cm³/mol. The standard InChI is InChI=1S/C23H27N3O3/c27-22-24-13-7-14-26(22)21-16-25(15-12-20(21)19-10-5-2-6-11-19)23(28)29-17-18-8-3-1-4-9-18/h1-6,8-11,20-21H,7,12-17H2,(H,24,27)/t20-,21+/m0/s1. The Bertz CT molecular complexity index is 828. The molecule has 0 saturated carbocycles. The number of hydrogen-bond donors (Lipinski definition) is 1. The van der Waals surface area contributed by atoms with Crippen LogP contribution in [0.15, 0.2) is 60.7 Å². The summed E-state index contributed by atoms with van der Waals surface area (Å²) in [6.07, 6.45) is 1.41. The minimum atomic E-state index is -0.317. The van der Waals surface area contributed by atoms with Crippen LogP contribution in [0, 0.1) is 0 Å². The summed E-state index contributed by atoms with van der Waals surface area (Å²) in [5.41, 5.74) is 2.18. The van der Waals surface area contributed by atoms with E-state index in [-0.39, 0.29) is 30.7 Å². The summed E-state index contributed by atoms with van der Waals surface area (Å²) < 4.78 is 5.54. The van der Waals surface area contributed by atoms with E-state index in [0.717, 1.165) is 18.4 Å². The first-order valence-corrected chi connectivity index (χ1v) is 10.3. The highest BCUT2D eigenvalue weighted by molar-refractivity contribution is 5.75. The molecule has 0 aliphatic carbocycles. The van der Waals surface area contributed by atoms with Gasteiger partial charge < -0.3 is 19.9 Å². The highest BCUT2D eigenvalue weighted by Crippen LogP contribution is 2.32. The quantitative estimate of drug-likeness (QED) is 0.863. The zero-order chi connectivity index (χ0) is 20.1. The van der Waals surface area contributed by atoms with E-state index in [1.807, 2.05) is 53.4 Å². The van der Waals surface area contributed by atoms with Crippen LogP contribution >= 0.6 is 0 Å². The van der Waals surface area contributed by atoms with Crippen LogP contribution in [0.5, 0.6) is 0 Å². The Hall–Kier alpha value is -3.02. The van der Waals surface area contributed by atoms with Gasteiger partial charge in [-0.05, 0) is 24.0 Å². The van der Waals surface area contributed by atoms with Crippen molar-refractivity contribution in [3.05, 3.63) is 71.8 Å². The van der Waals surface area contributed by atoms with Crippen molar-refractivity contribution in [1.29, 1.82) is 0 Å². The monoisotopic (exact) mass is 393 g/mol. The summed E-state index contributed by atoms with van der Waals surface area (Å²) in [5, 5.41) is 2.94. The van der Waals surface area contributed by atoms with E-state index in [1.54, 1.807) is 4.90 Å². The molecule has 0 bridgehead atoms. The van der Waals surface area contributed by atoms with Gasteiger partial charge in [-0.15, -0.1) is 0 Å². The average Bonchev–Trinajstić information content (AvgIpc) is 2.79. The Morgan fingerprint density at radius 3 is 2.48 bits per heavy atom. The minimum Gasteiger partial charge on any atom is -0.445 e. The van der Waals surface area contributed by atoms with E-state index < -0.39 is 0 Å². The molecule has 4 rings (SSSR count). The van der Waals surface area contributed by atoms with Crippen molar-refractivity contribution in [2.45, 2.75) is 31.4 Å². The number of ether oxygens (including phenoxy) is 1. The molecule has 3 amide bonds. The summed E-state index contributed by atoms with van der Waals surface area (Å²) in [7, 11) is 0. The molecule has 6 heteroatoms. The number of nitrogens with zero attached hydrogens (tertiary/aromatic N) is 2. The zero-order valence-electron chi connectivity index (χ0n) is 16.5. The summed E-state index contributed by atoms with van der Waals surface area (Å²) in [6.45, 7) is 2.79. The van der Waals surface area contributed by atoms with Crippen LogP contribution in [0.3, 0.4) is 0 Å². The Kier molecular flexibility index (Phi) is 5.98. The van der Waals surface area contributed by atoms with Gasteiger partial charge in [0.15, 0.2) is 0 Å². The van der Waals surface area contributed by atoms with E-state index in [4.69, 9.17) is 4.74 Å². The van der Waals surface area contributed by atoms with Crippen molar-refractivity contribution < 1.29 is 14.3 Å². The molecule has 1 N–H and O–H groups in total. The Labute approximate surface area is 171 Å². The normalized spacial score (nSPS) is 22.1. The molecule has 2 fully saturated rings. The van der Waals surface area contributed by atoms with Crippen molar-refractivity contribution in [2.75, 3.05) is 26.2 Å². The van der Waals surface area contributed by atoms with Crippen LogP contribution < -0.4 is 5.32 Å². The number of carbonyl (C=O) groups is 2. The maximum absolute atomic E-state index is 12.7. The van der Waals surface area contributed by atoms with Crippen LogP contribution in [0.2, 0.25) is 0 Å². The van der Waals surface area contributed by atoms with Gasteiger partial charge in [-0.25, -0.2) is 9.59 Å². The first-order chi connectivity index (χ1) is 14.2. The molecule has 152 valence electrons. The van der Waals surface area contributed by atoms with E-state index in [0.29, 0.717) is 26.2 Å². The molecule has 2 aliphatic rings. The first kappa shape index (κ1) is 19.3. The largest absolute Gasteiger partial charge is 0.445 e. The van der Waals surface area contributed by atoms with E-state index in [1.165, 1.54) is 5.56 Å². The zero-order valence-corrected chi connectivity index (χ0v) is 16.5. The maximum atomic E-state index is 12.7. The van der Waals surface area contributed by atoms with Gasteiger partial charge in [-0.2, -0.15) is 0 Å². The molecule has 29 heavy (non-hydrogen) atoms. The number of rotatable bonds is 4. The van der Waals surface area contributed by atoms with Crippen molar-refractivity contribution in [3.8, 4) is 0 Å². The number of likely N-dealkylation sites (tertiary alicyclic amines) is 1. The molecule has 0 spiro atoms. The second-order valence-electron chi connectivity index (χ2n) is 7.64. The fourth-order valence-corrected chi connectivity index (χ4v) is 4.28. The van der Waals surface area contributed by atoms with Gasteiger partial charge >= 0.3 is 12.1 Å². The molecule has 2 saturated heterocycles. The predicted octanol–water partition coefficient (Wildman–Crippen LogP) is 3.60. The molecule has 0 aromatic heterocycles. The SMILES string of the molecule is O=C(OCc1ccccc1)N1CC[C@@H](c2ccccc2)[C@H](N2CCCNC2=O)C1. The molecule has 0 unspecified atom stereocenters. The third-order valence-electron chi connectivity index (χ3n) is 5.79. The summed E-state index contributed by atoms with van der Waals surface area (Å²) in [6, 6.07) is 19.9. The highest BCUT2D eigenvalue weighted by Gasteiger charge is 2.39. The number of benzene rings is 2. The average molecular weight is 393 g/mol. The number of piperidine rings is 1. The van der Waals surface area contributed by atoms with Gasteiger partial charge in [0.1, 0.15) is 6.61 Å². The van der Waals surface area contributed by atoms with Gasteiger partial charge in [-0.3, -0.25) is 0 Å². The van der Waals surface area contributed by atoms with Gasteiger partial charge in [0.05, 0.1) is 6.04 Å². The topological polar surface area (TPSA) is 61.9 Å². The molecule has 2 heterocycles. The molecule has 2 atom stereocenters. The van der Waals surface area contributed by atoms with Crippen molar-refractivity contribution >= 4 is 12.1 Å². The lowest BCUT2D eigenvalue weighted by molar-refractivity contribution is 0.0575. The first-order valence-electron chi connectivity index (χ1n) is 10.3. The molecule has 6 nitrogen and oxygen atoms in total. The van der Waals surface area contributed by atoms with Gasteiger partial charge in [0, 0.05) is 32.1 Å². The van der Waals surface area contributed by atoms with Crippen molar-refractivity contribution in [1.82, 2.24) is 15.1 Å². The lowest BCUT2D eigenvalue weighted by Gasteiger charge is -2.45. The number of hydrogen-bond acceptors (Lipinski definition) is 3. The number of amides is 3. The Morgan fingerprint density at radius 1 is 1.03 bits per heavy atom. The fraction of sp³-hybridized carbons (Fsp3) is 0.391. The van der Waals surface area contributed by atoms with Crippen LogP contribution in [0.4, 0.5) is 9.59 Å². The second kappa shape index (κ2) is 8.99. The van der Waals surface area contributed by atoms with Gasteiger partial charge in [0.2, 0.25) is 0 Å². The Morgan fingerprint density at radius 2 is 1.76 bits per heavy atom. The molecule has 2 aromatic carbocycles. The summed E-state index contributed by atoms with van der Waals surface area (Å²) in [4.78, 5) is 28.9. The highest BCUT2D eigenvalue weighted by atomic mass is 16.6. The van der Waals surface area contributed by atoms with E-state index in [2.05, 4.69) is 17.4 Å². The third kappa shape index (κ3) is 4.53. The molecule has 0 radical (unpaired) electrons. The van der Waals surface area contributed by atoms with Crippen LogP contribution in [0.1, 0.15) is 29.9 Å². The molecule has 2 aromatic rings. The van der Waals surface area contributed by atoms with Crippen LogP contribution in [-0.2, 0) is 11.3 Å². The van der Waals surface area contributed by atoms with Gasteiger partial charge in [0.25, 0.3) is 0 Å². The Balaban J connectivity index is 1.47. The van der Waals surface area contributed by atoms with E-state index in [9.17, 15) is 9.59 Å². The maximum Gasteiger partial charge on any atom is 0.410 e. The molecular weight excluding hydrogens is 366 g/mol. The number of carbonyl (C=O) groups excluding carboxylic acids is 2. The lowest BCUT2D eigenvalue weighted by Crippen LogP contribution is -2.59. The molecule has 2 aliphatic heterocycles. The van der Waals surface area contributed by atoms with Crippen LogP contribution in [0.25, 0.3) is 0 Å². The second-order valence-corrected chi connectivity index (χ2v) is 7.64. The third-order valence-corrected chi connectivity index (χ3v) is 5.79. The molecular formula is C23H27N3O3. The summed E-state index contributed by atoms with van der Waals surface area (Å²) in [5.74, 6) is 0.207.